The molecule has 4 heteroatoms. The largest absolute Gasteiger partial charge is 0.378 e. The Balaban J connectivity index is 1.29. The molecule has 3 nitrogen and oxygen atoms in total. The third-order valence-corrected chi connectivity index (χ3v) is 6.62. The zero-order valence-electron chi connectivity index (χ0n) is 15.7. The van der Waals surface area contributed by atoms with Gasteiger partial charge in [0.25, 0.3) is 0 Å². The summed E-state index contributed by atoms with van der Waals surface area (Å²) in [6.45, 7) is 3.54. The Morgan fingerprint density at radius 3 is 2.46 bits per heavy atom. The van der Waals surface area contributed by atoms with Gasteiger partial charge in [0, 0.05) is 32.2 Å². The maximum atomic E-state index is 4.87. The number of likely N-dealkylation sites (tertiary alicyclic amines) is 1. The number of rotatable bonds is 5. The van der Waals surface area contributed by atoms with Gasteiger partial charge in [-0.15, -0.1) is 11.3 Å². The summed E-state index contributed by atoms with van der Waals surface area (Å²) in [6, 6.07) is 17.5. The molecule has 0 atom stereocenters. The van der Waals surface area contributed by atoms with E-state index in [4.69, 9.17) is 4.98 Å². The van der Waals surface area contributed by atoms with Crippen molar-refractivity contribution in [3.8, 4) is 0 Å². The summed E-state index contributed by atoms with van der Waals surface area (Å²) in [5.74, 6) is 0.642. The standard InChI is InChI=1S/C22H27N3S/c1-24(2)19-9-7-17(8-10-19)11-14-25-15-12-18(13-16-25)22-23-20-5-3-4-6-21(20)26-22/h3-10,18H,11-16H2,1-2H3. The van der Waals surface area contributed by atoms with Crippen molar-refractivity contribution in [3.63, 3.8) is 0 Å². The van der Waals surface area contributed by atoms with Crippen molar-refractivity contribution in [3.05, 3.63) is 59.1 Å². The fourth-order valence-electron chi connectivity index (χ4n) is 3.72. The first-order valence-electron chi connectivity index (χ1n) is 9.53. The van der Waals surface area contributed by atoms with E-state index in [1.807, 2.05) is 11.3 Å². The van der Waals surface area contributed by atoms with Gasteiger partial charge < -0.3 is 9.80 Å². The van der Waals surface area contributed by atoms with E-state index in [0.29, 0.717) is 5.92 Å². The Kier molecular flexibility index (Phi) is 5.23. The summed E-state index contributed by atoms with van der Waals surface area (Å²) in [4.78, 5) is 9.64. The molecule has 0 saturated carbocycles. The Labute approximate surface area is 160 Å². The normalized spacial score (nSPS) is 16.2. The average Bonchev–Trinajstić information content (AvgIpc) is 3.11. The zero-order valence-corrected chi connectivity index (χ0v) is 16.5. The van der Waals surface area contributed by atoms with Crippen LogP contribution in [0.25, 0.3) is 10.2 Å². The Morgan fingerprint density at radius 1 is 1.04 bits per heavy atom. The molecule has 26 heavy (non-hydrogen) atoms. The third-order valence-electron chi connectivity index (χ3n) is 5.42. The van der Waals surface area contributed by atoms with E-state index < -0.39 is 0 Å². The first-order valence-corrected chi connectivity index (χ1v) is 10.3. The van der Waals surface area contributed by atoms with E-state index >= 15 is 0 Å². The molecule has 0 N–H and O–H groups in total. The molecule has 0 radical (unpaired) electrons. The fourth-order valence-corrected chi connectivity index (χ4v) is 4.85. The summed E-state index contributed by atoms with van der Waals surface area (Å²) in [6.07, 6.45) is 3.61. The summed E-state index contributed by atoms with van der Waals surface area (Å²) >= 11 is 1.89. The summed E-state index contributed by atoms with van der Waals surface area (Å²) < 4.78 is 1.33. The fraction of sp³-hybridized carbons (Fsp3) is 0.409. The van der Waals surface area contributed by atoms with E-state index in [0.717, 1.165) is 18.5 Å². The van der Waals surface area contributed by atoms with Crippen LogP contribution in [0.3, 0.4) is 0 Å². The zero-order chi connectivity index (χ0) is 17.9. The smallest absolute Gasteiger partial charge is 0.0970 e. The van der Waals surface area contributed by atoms with Crippen LogP contribution in [0.4, 0.5) is 5.69 Å². The van der Waals surface area contributed by atoms with E-state index in [1.54, 1.807) is 0 Å². The molecule has 4 rings (SSSR count). The van der Waals surface area contributed by atoms with Crippen molar-refractivity contribution in [2.24, 2.45) is 0 Å². The lowest BCUT2D eigenvalue weighted by Crippen LogP contribution is -2.34. The maximum Gasteiger partial charge on any atom is 0.0970 e. The van der Waals surface area contributed by atoms with Gasteiger partial charge in [-0.05, 0) is 62.2 Å². The van der Waals surface area contributed by atoms with Gasteiger partial charge in [0.15, 0.2) is 0 Å². The molecule has 3 aromatic rings. The topological polar surface area (TPSA) is 19.4 Å². The second-order valence-corrected chi connectivity index (χ2v) is 8.51. The number of hydrogen-bond acceptors (Lipinski definition) is 4. The lowest BCUT2D eigenvalue weighted by molar-refractivity contribution is 0.214. The Bertz CT molecular complexity index is 812. The molecule has 136 valence electrons. The molecule has 1 saturated heterocycles. The minimum atomic E-state index is 0.642. The molecule has 0 spiro atoms. The van der Waals surface area contributed by atoms with Gasteiger partial charge in [-0.3, -0.25) is 0 Å². The second kappa shape index (κ2) is 7.77. The van der Waals surface area contributed by atoms with Crippen LogP contribution >= 0.6 is 11.3 Å². The van der Waals surface area contributed by atoms with Crippen LogP contribution in [0.5, 0.6) is 0 Å². The molecule has 2 aromatic carbocycles. The molecule has 2 heterocycles. The van der Waals surface area contributed by atoms with E-state index in [-0.39, 0.29) is 0 Å². The van der Waals surface area contributed by atoms with Crippen LogP contribution in [-0.4, -0.2) is 43.6 Å². The number of hydrogen-bond donors (Lipinski definition) is 0. The van der Waals surface area contributed by atoms with Crippen molar-refractivity contribution in [1.29, 1.82) is 0 Å². The van der Waals surface area contributed by atoms with Gasteiger partial charge in [0.2, 0.25) is 0 Å². The highest BCUT2D eigenvalue weighted by molar-refractivity contribution is 7.18. The lowest BCUT2D eigenvalue weighted by Gasteiger charge is -2.31. The van der Waals surface area contributed by atoms with Crippen LogP contribution < -0.4 is 4.90 Å². The molecular weight excluding hydrogens is 338 g/mol. The molecule has 0 aliphatic carbocycles. The molecule has 1 aromatic heterocycles. The number of nitrogens with zero attached hydrogens (tertiary/aromatic N) is 3. The summed E-state index contributed by atoms with van der Waals surface area (Å²) in [5.41, 5.74) is 3.87. The minimum absolute atomic E-state index is 0.642. The van der Waals surface area contributed by atoms with E-state index in [9.17, 15) is 0 Å². The monoisotopic (exact) mass is 365 g/mol. The highest BCUT2D eigenvalue weighted by Gasteiger charge is 2.23. The van der Waals surface area contributed by atoms with Crippen molar-refractivity contribution in [1.82, 2.24) is 9.88 Å². The van der Waals surface area contributed by atoms with E-state index in [1.165, 1.54) is 46.9 Å². The molecule has 0 bridgehead atoms. The molecule has 0 amide bonds. The van der Waals surface area contributed by atoms with Crippen LogP contribution in [-0.2, 0) is 6.42 Å². The van der Waals surface area contributed by atoms with E-state index in [2.05, 4.69) is 72.4 Å². The summed E-state index contributed by atoms with van der Waals surface area (Å²) in [7, 11) is 4.18. The van der Waals surface area contributed by atoms with Gasteiger partial charge in [0.05, 0.1) is 15.2 Å². The van der Waals surface area contributed by atoms with Crippen molar-refractivity contribution >= 4 is 27.2 Å². The predicted molar refractivity (Wildman–Crippen MR) is 113 cm³/mol. The first kappa shape index (κ1) is 17.5. The molecule has 0 unspecified atom stereocenters. The van der Waals surface area contributed by atoms with Crippen molar-refractivity contribution in [2.45, 2.75) is 25.2 Å². The second-order valence-electron chi connectivity index (χ2n) is 7.45. The Morgan fingerprint density at radius 2 is 1.77 bits per heavy atom. The van der Waals surface area contributed by atoms with Crippen LogP contribution in [0.2, 0.25) is 0 Å². The minimum Gasteiger partial charge on any atom is -0.378 e. The van der Waals surface area contributed by atoms with Gasteiger partial charge in [-0.1, -0.05) is 24.3 Å². The number of anilines is 1. The van der Waals surface area contributed by atoms with Crippen LogP contribution in [0.15, 0.2) is 48.5 Å². The highest BCUT2D eigenvalue weighted by Crippen LogP contribution is 2.33. The number of para-hydroxylation sites is 1. The molecule has 1 aliphatic rings. The molecule has 1 fully saturated rings. The van der Waals surface area contributed by atoms with Gasteiger partial charge >= 0.3 is 0 Å². The quantitative estimate of drug-likeness (QED) is 0.648. The van der Waals surface area contributed by atoms with Gasteiger partial charge in [-0.25, -0.2) is 4.98 Å². The lowest BCUT2D eigenvalue weighted by atomic mass is 9.97. The average molecular weight is 366 g/mol. The van der Waals surface area contributed by atoms with Crippen molar-refractivity contribution < 1.29 is 0 Å². The maximum absolute atomic E-state index is 4.87. The number of fused-ring (bicyclic) bond motifs is 1. The van der Waals surface area contributed by atoms with Crippen LogP contribution in [0, 0.1) is 0 Å². The third kappa shape index (κ3) is 3.92. The SMILES string of the molecule is CN(C)c1ccc(CCN2CCC(c3nc4ccccc4s3)CC2)cc1. The predicted octanol–water partition coefficient (Wildman–Crippen LogP) is 4.78. The number of aromatic nitrogens is 1. The summed E-state index contributed by atoms with van der Waals surface area (Å²) in [5, 5.41) is 1.34. The number of piperidine rings is 1. The van der Waals surface area contributed by atoms with Gasteiger partial charge in [-0.2, -0.15) is 0 Å². The van der Waals surface area contributed by atoms with Gasteiger partial charge in [0.1, 0.15) is 0 Å². The number of benzene rings is 2. The molecular formula is C22H27N3S. The van der Waals surface area contributed by atoms with Crippen molar-refractivity contribution in [2.75, 3.05) is 38.6 Å². The highest BCUT2D eigenvalue weighted by atomic mass is 32.1. The van der Waals surface area contributed by atoms with Crippen LogP contribution in [0.1, 0.15) is 29.3 Å². The first-order chi connectivity index (χ1) is 12.7. The Hall–Kier alpha value is -1.91. The number of thiazole rings is 1. The molecule has 1 aliphatic heterocycles.